The summed E-state index contributed by atoms with van der Waals surface area (Å²) in [6.07, 6.45) is 0.294. The molecule has 0 radical (unpaired) electrons. The van der Waals surface area contributed by atoms with Gasteiger partial charge in [0.1, 0.15) is 24.1 Å². The predicted molar refractivity (Wildman–Crippen MR) is 179 cm³/mol. The number of nitrogen functional groups attached to an aromatic ring is 1. The highest BCUT2D eigenvalue weighted by Crippen LogP contribution is 2.38. The number of anilines is 1. The molecule has 4 rings (SSSR count). The van der Waals surface area contributed by atoms with Crippen LogP contribution in [-0.4, -0.2) is 136 Å². The molecule has 14 nitrogen and oxygen atoms in total. The number of ether oxygens (including phenoxy) is 1. The standard InChI is InChI=1S/C33H52ClN5O9/c34-24-16-23(32-22(29(24)35)10-15-48-32)33(47)37-21-8-11-38(12-9-21)18-20-6-13-39(14-7-20)28(44)5-3-1-2-4-27(43)36-17-25(41)30(45)31(46)26(42)19-40/h16,20-21,25-26,30-31,40-42,45-46H,1-15,17-19,35H2,(H,36,43)(H,37,47)/t25-,26+,30+,31+/m0/s1. The molecule has 0 aliphatic carbocycles. The number of nitrogens with zero attached hydrogens (tertiary/aromatic N) is 2. The normalized spacial score (nSPS) is 20.0. The summed E-state index contributed by atoms with van der Waals surface area (Å²) in [5, 5.41) is 53.5. The zero-order chi connectivity index (χ0) is 34.8. The van der Waals surface area contributed by atoms with Gasteiger partial charge in [-0.3, -0.25) is 14.4 Å². The molecule has 0 bridgehead atoms. The minimum absolute atomic E-state index is 0.0802. The number of carbonyl (C=O) groups excluding carboxylic acids is 3. The molecule has 9 N–H and O–H groups in total. The topological polar surface area (TPSA) is 218 Å². The fourth-order valence-corrected chi connectivity index (χ4v) is 6.90. The zero-order valence-electron chi connectivity index (χ0n) is 27.5. The Labute approximate surface area is 286 Å². The number of amides is 3. The fraction of sp³-hybridized carbons (Fsp3) is 0.727. The van der Waals surface area contributed by atoms with Gasteiger partial charge in [0.25, 0.3) is 5.91 Å². The molecule has 0 spiro atoms. The Morgan fingerprint density at radius 1 is 0.958 bits per heavy atom. The Morgan fingerprint density at radius 3 is 2.31 bits per heavy atom. The van der Waals surface area contributed by atoms with E-state index in [1.165, 1.54) is 0 Å². The monoisotopic (exact) mass is 697 g/mol. The lowest BCUT2D eigenvalue weighted by Gasteiger charge is -2.38. The second-order valence-corrected chi connectivity index (χ2v) is 13.7. The first kappa shape index (κ1) is 38.1. The first-order valence-electron chi connectivity index (χ1n) is 17.1. The molecule has 48 heavy (non-hydrogen) atoms. The number of hydrogen-bond donors (Lipinski definition) is 8. The second kappa shape index (κ2) is 18.3. The molecule has 0 unspecified atom stereocenters. The van der Waals surface area contributed by atoms with Crippen molar-refractivity contribution in [2.45, 2.75) is 94.7 Å². The summed E-state index contributed by atoms with van der Waals surface area (Å²) in [7, 11) is 0. The molecule has 0 saturated carbocycles. The van der Waals surface area contributed by atoms with Crippen molar-refractivity contribution in [2.75, 3.05) is 58.2 Å². The van der Waals surface area contributed by atoms with Gasteiger partial charge in [-0.2, -0.15) is 0 Å². The molecule has 15 heteroatoms. The van der Waals surface area contributed by atoms with Gasteiger partial charge in [0.2, 0.25) is 11.8 Å². The highest BCUT2D eigenvalue weighted by Gasteiger charge is 2.31. The van der Waals surface area contributed by atoms with Gasteiger partial charge < -0.3 is 56.4 Å². The maximum Gasteiger partial charge on any atom is 0.255 e. The molecule has 4 atom stereocenters. The molecule has 2 saturated heterocycles. The molecule has 3 amide bonds. The number of aliphatic hydroxyl groups is 5. The predicted octanol–water partition coefficient (Wildman–Crippen LogP) is -0.207. The molecule has 0 aromatic heterocycles. The van der Waals surface area contributed by atoms with E-state index < -0.39 is 31.0 Å². The number of piperidine rings is 2. The van der Waals surface area contributed by atoms with Gasteiger partial charge >= 0.3 is 0 Å². The molecule has 2 fully saturated rings. The van der Waals surface area contributed by atoms with Crippen molar-refractivity contribution in [3.63, 3.8) is 0 Å². The number of rotatable bonds is 16. The van der Waals surface area contributed by atoms with Crippen molar-refractivity contribution in [1.82, 2.24) is 20.4 Å². The minimum atomic E-state index is -1.74. The lowest BCUT2D eigenvalue weighted by molar-refractivity contribution is -0.132. The number of halogens is 1. The van der Waals surface area contributed by atoms with E-state index in [1.807, 2.05) is 4.90 Å². The fourth-order valence-electron chi connectivity index (χ4n) is 6.68. The van der Waals surface area contributed by atoms with Crippen LogP contribution in [0.3, 0.4) is 0 Å². The number of carbonyl (C=O) groups is 3. The third-order valence-corrected chi connectivity index (χ3v) is 10.1. The van der Waals surface area contributed by atoms with Gasteiger partial charge in [0, 0.05) is 70.1 Å². The number of nitrogens with two attached hydrogens (primary N) is 1. The van der Waals surface area contributed by atoms with Crippen LogP contribution in [-0.2, 0) is 16.0 Å². The van der Waals surface area contributed by atoms with Gasteiger partial charge in [-0.15, -0.1) is 0 Å². The number of unbranched alkanes of at least 4 members (excludes halogenated alkanes) is 2. The average molecular weight is 698 g/mol. The first-order chi connectivity index (χ1) is 23.0. The number of nitrogens with one attached hydrogen (secondary N) is 2. The summed E-state index contributed by atoms with van der Waals surface area (Å²) >= 11 is 6.28. The quantitative estimate of drug-likeness (QED) is 0.0835. The van der Waals surface area contributed by atoms with Crippen LogP contribution in [0, 0.1) is 5.92 Å². The maximum atomic E-state index is 13.1. The highest BCUT2D eigenvalue weighted by molar-refractivity contribution is 6.33. The lowest BCUT2D eigenvalue weighted by Crippen LogP contribution is -2.49. The van der Waals surface area contributed by atoms with Crippen molar-refractivity contribution in [2.24, 2.45) is 5.92 Å². The Bertz CT molecular complexity index is 1240. The lowest BCUT2D eigenvalue weighted by atomic mass is 9.94. The molecular formula is C33H52ClN5O9. The molecule has 1 aromatic rings. The second-order valence-electron chi connectivity index (χ2n) is 13.3. The van der Waals surface area contributed by atoms with E-state index in [2.05, 4.69) is 15.5 Å². The third-order valence-electron chi connectivity index (χ3n) is 9.75. The SMILES string of the molecule is Nc1c(Cl)cc(C(=O)NC2CCN(CC3CCN(C(=O)CCCCCC(=O)NC[C@H](O)[C@@H](O)[C@H](O)[C@H](O)CO)CC3)CC2)c2c1CCO2. The van der Waals surface area contributed by atoms with Crippen LogP contribution in [0.15, 0.2) is 6.07 Å². The van der Waals surface area contributed by atoms with Crippen LogP contribution < -0.4 is 21.1 Å². The van der Waals surface area contributed by atoms with Gasteiger partial charge in [-0.05, 0) is 50.5 Å². The van der Waals surface area contributed by atoms with E-state index in [9.17, 15) is 34.8 Å². The summed E-state index contributed by atoms with van der Waals surface area (Å²) in [6, 6.07) is 1.68. The molecule has 270 valence electrons. The van der Waals surface area contributed by atoms with E-state index in [0.717, 1.165) is 64.0 Å². The molecular weight excluding hydrogens is 646 g/mol. The number of hydrogen-bond acceptors (Lipinski definition) is 11. The Kier molecular flexibility index (Phi) is 14.5. The smallest absolute Gasteiger partial charge is 0.255 e. The molecule has 1 aromatic carbocycles. The van der Waals surface area contributed by atoms with E-state index >= 15 is 0 Å². The van der Waals surface area contributed by atoms with Crippen molar-refractivity contribution < 1.29 is 44.7 Å². The zero-order valence-corrected chi connectivity index (χ0v) is 28.2. The van der Waals surface area contributed by atoms with Gasteiger partial charge in [-0.25, -0.2) is 0 Å². The van der Waals surface area contributed by atoms with Gasteiger partial charge in [0.15, 0.2) is 0 Å². The van der Waals surface area contributed by atoms with Crippen molar-refractivity contribution >= 4 is 35.0 Å². The largest absolute Gasteiger partial charge is 0.492 e. The van der Waals surface area contributed by atoms with E-state index in [1.54, 1.807) is 6.07 Å². The van der Waals surface area contributed by atoms with Crippen LogP contribution in [0.2, 0.25) is 5.02 Å². The summed E-state index contributed by atoms with van der Waals surface area (Å²) < 4.78 is 5.69. The van der Waals surface area contributed by atoms with Crippen molar-refractivity contribution in [1.29, 1.82) is 0 Å². The third kappa shape index (κ3) is 10.4. The summed E-state index contributed by atoms with van der Waals surface area (Å²) in [4.78, 5) is 42.3. The number of fused-ring (bicyclic) bond motifs is 1. The van der Waals surface area contributed by atoms with Crippen molar-refractivity contribution in [3.05, 3.63) is 22.2 Å². The van der Waals surface area contributed by atoms with Crippen LogP contribution >= 0.6 is 11.6 Å². The average Bonchev–Trinajstić information content (AvgIpc) is 3.59. The Hall–Kier alpha value is -2.72. The molecule has 3 aliphatic rings. The van der Waals surface area contributed by atoms with Gasteiger partial charge in [-0.1, -0.05) is 18.0 Å². The summed E-state index contributed by atoms with van der Waals surface area (Å²) in [5.41, 5.74) is 7.81. The number of benzene rings is 1. The van der Waals surface area contributed by atoms with Crippen LogP contribution in [0.4, 0.5) is 5.69 Å². The van der Waals surface area contributed by atoms with Crippen LogP contribution in [0.1, 0.15) is 73.7 Å². The van der Waals surface area contributed by atoms with E-state index in [-0.39, 0.29) is 36.7 Å². The van der Waals surface area contributed by atoms with Crippen LogP contribution in [0.25, 0.3) is 0 Å². The van der Waals surface area contributed by atoms with Crippen molar-refractivity contribution in [3.8, 4) is 5.75 Å². The molecule has 3 heterocycles. The van der Waals surface area contributed by atoms with Gasteiger partial charge in [0.05, 0.1) is 35.6 Å². The Balaban J connectivity index is 1.04. The molecule has 3 aliphatic heterocycles. The van der Waals surface area contributed by atoms with E-state index in [4.69, 9.17) is 27.2 Å². The first-order valence-corrected chi connectivity index (χ1v) is 17.5. The number of aliphatic hydroxyl groups excluding tert-OH is 5. The maximum absolute atomic E-state index is 13.1. The summed E-state index contributed by atoms with van der Waals surface area (Å²) in [6.45, 7) is 3.69. The highest BCUT2D eigenvalue weighted by atomic mass is 35.5. The number of likely N-dealkylation sites (tertiary alicyclic amines) is 2. The Morgan fingerprint density at radius 2 is 1.62 bits per heavy atom. The summed E-state index contributed by atoms with van der Waals surface area (Å²) in [5.74, 6) is 0.695. The van der Waals surface area contributed by atoms with Crippen LogP contribution in [0.5, 0.6) is 5.75 Å². The minimum Gasteiger partial charge on any atom is -0.492 e. The van der Waals surface area contributed by atoms with E-state index in [0.29, 0.717) is 66.7 Å².